The first kappa shape index (κ1) is 24.6. The van der Waals surface area contributed by atoms with Crippen LogP contribution in [0.4, 0.5) is 0 Å². The maximum atomic E-state index is 13.0. The Labute approximate surface area is 194 Å². The van der Waals surface area contributed by atoms with Crippen molar-refractivity contribution in [1.29, 1.82) is 0 Å². The van der Waals surface area contributed by atoms with Crippen LogP contribution < -0.4 is 5.84 Å². The van der Waals surface area contributed by atoms with Crippen LogP contribution in [0.2, 0.25) is 0 Å². The molecule has 1 atom stereocenters. The first-order valence-corrected chi connectivity index (χ1v) is 13.8. The highest BCUT2D eigenvalue weighted by atomic mass is 32.2. The molecule has 32 heavy (non-hydrogen) atoms. The number of carbonyl (C=O) groups excluding carboxylic acids is 1. The lowest BCUT2D eigenvalue weighted by molar-refractivity contribution is -0.130. The van der Waals surface area contributed by atoms with E-state index in [1.54, 1.807) is 4.90 Å². The zero-order chi connectivity index (χ0) is 23.5. The van der Waals surface area contributed by atoms with E-state index in [0.717, 1.165) is 18.4 Å². The summed E-state index contributed by atoms with van der Waals surface area (Å²) in [4.78, 5) is 14.7. The molecular weight excluding hydrogens is 446 g/mol. The molecule has 2 aromatic rings. The van der Waals surface area contributed by atoms with Gasteiger partial charge in [-0.1, -0.05) is 70.1 Å². The first-order chi connectivity index (χ1) is 15.0. The van der Waals surface area contributed by atoms with Gasteiger partial charge in [0.2, 0.25) is 11.1 Å². The summed E-state index contributed by atoms with van der Waals surface area (Å²) in [6.45, 7) is 9.09. The van der Waals surface area contributed by atoms with Gasteiger partial charge in [0.05, 0.1) is 17.3 Å². The highest BCUT2D eigenvalue weighted by molar-refractivity contribution is 7.99. The Balaban J connectivity index is 1.68. The second-order valence-electron chi connectivity index (χ2n) is 9.29. The van der Waals surface area contributed by atoms with Crippen LogP contribution in [0.3, 0.4) is 0 Å². The molecule has 2 N–H and O–H groups in total. The molecule has 1 aromatic heterocycles. The lowest BCUT2D eigenvalue weighted by Crippen LogP contribution is -2.42. The van der Waals surface area contributed by atoms with E-state index in [2.05, 4.69) is 50.0 Å². The number of aromatic nitrogens is 3. The molecule has 0 bridgehead atoms. The number of rotatable bonds is 8. The quantitative estimate of drug-likeness (QED) is 0.458. The maximum Gasteiger partial charge on any atom is 0.233 e. The van der Waals surface area contributed by atoms with Gasteiger partial charge in [-0.15, -0.1) is 10.2 Å². The fourth-order valence-corrected chi connectivity index (χ4v) is 6.23. The SMILES string of the molecule is CCCCN(C(=O)CSc1nnc(-c2ccc(C(C)(C)C)cc2)n1N)C1CCS(=O)(=O)C1. The van der Waals surface area contributed by atoms with Crippen LogP contribution in [-0.2, 0) is 20.0 Å². The van der Waals surface area contributed by atoms with Gasteiger partial charge in [-0.2, -0.15) is 0 Å². The number of hydrogen-bond acceptors (Lipinski definition) is 7. The first-order valence-electron chi connectivity index (χ1n) is 11.0. The highest BCUT2D eigenvalue weighted by Crippen LogP contribution is 2.27. The van der Waals surface area contributed by atoms with E-state index >= 15 is 0 Å². The largest absolute Gasteiger partial charge is 0.338 e. The number of thioether (sulfide) groups is 1. The Kier molecular flexibility index (Phi) is 7.54. The Hall–Kier alpha value is -2.07. The van der Waals surface area contributed by atoms with Gasteiger partial charge in [0, 0.05) is 18.2 Å². The third-order valence-electron chi connectivity index (χ3n) is 5.72. The average molecular weight is 480 g/mol. The number of benzene rings is 1. The molecule has 1 saturated heterocycles. The van der Waals surface area contributed by atoms with Gasteiger partial charge in [0.25, 0.3) is 0 Å². The summed E-state index contributed by atoms with van der Waals surface area (Å²) < 4.78 is 25.2. The summed E-state index contributed by atoms with van der Waals surface area (Å²) in [5.41, 5.74) is 2.12. The van der Waals surface area contributed by atoms with E-state index in [9.17, 15) is 13.2 Å². The van der Waals surface area contributed by atoms with E-state index < -0.39 is 9.84 Å². The van der Waals surface area contributed by atoms with Crippen molar-refractivity contribution in [2.24, 2.45) is 0 Å². The molecule has 0 radical (unpaired) electrons. The molecule has 10 heteroatoms. The molecule has 8 nitrogen and oxygen atoms in total. The van der Waals surface area contributed by atoms with Crippen molar-refractivity contribution in [3.05, 3.63) is 29.8 Å². The van der Waals surface area contributed by atoms with Gasteiger partial charge in [0.1, 0.15) is 0 Å². The van der Waals surface area contributed by atoms with Gasteiger partial charge in [-0.3, -0.25) is 4.79 Å². The lowest BCUT2D eigenvalue weighted by Gasteiger charge is -2.28. The van der Waals surface area contributed by atoms with Crippen LogP contribution in [0.15, 0.2) is 29.4 Å². The Morgan fingerprint density at radius 1 is 1.25 bits per heavy atom. The minimum atomic E-state index is -3.06. The number of hydrogen-bond donors (Lipinski definition) is 1. The number of amides is 1. The highest BCUT2D eigenvalue weighted by Gasteiger charge is 2.34. The summed E-state index contributed by atoms with van der Waals surface area (Å²) in [7, 11) is -3.06. The minimum Gasteiger partial charge on any atom is -0.338 e. The molecule has 0 aliphatic carbocycles. The summed E-state index contributed by atoms with van der Waals surface area (Å²) in [6, 6.07) is 7.82. The number of nitrogen functional groups attached to an aromatic ring is 1. The van der Waals surface area contributed by atoms with Crippen LogP contribution in [0.5, 0.6) is 0 Å². The zero-order valence-electron chi connectivity index (χ0n) is 19.2. The third kappa shape index (κ3) is 5.83. The van der Waals surface area contributed by atoms with E-state index in [-0.39, 0.29) is 34.6 Å². The molecule has 0 spiro atoms. The van der Waals surface area contributed by atoms with Gasteiger partial charge >= 0.3 is 0 Å². The van der Waals surface area contributed by atoms with E-state index in [1.807, 2.05) is 12.1 Å². The van der Waals surface area contributed by atoms with Crippen molar-refractivity contribution in [3.63, 3.8) is 0 Å². The predicted octanol–water partition coefficient (Wildman–Crippen LogP) is 2.86. The van der Waals surface area contributed by atoms with Crippen molar-refractivity contribution in [2.75, 3.05) is 29.6 Å². The van der Waals surface area contributed by atoms with Gasteiger partial charge < -0.3 is 10.7 Å². The number of sulfone groups is 1. The van der Waals surface area contributed by atoms with Gasteiger partial charge in [-0.05, 0) is 23.8 Å². The maximum absolute atomic E-state index is 13.0. The zero-order valence-corrected chi connectivity index (χ0v) is 20.9. The molecule has 176 valence electrons. The molecule has 1 amide bonds. The van der Waals surface area contributed by atoms with Crippen molar-refractivity contribution < 1.29 is 13.2 Å². The number of nitrogens with two attached hydrogens (primary N) is 1. The molecule has 1 aromatic carbocycles. The van der Waals surface area contributed by atoms with Crippen LogP contribution >= 0.6 is 11.8 Å². The van der Waals surface area contributed by atoms with Crippen LogP contribution in [0.25, 0.3) is 11.4 Å². The average Bonchev–Trinajstić information content (AvgIpc) is 3.28. The molecule has 1 unspecified atom stereocenters. The molecule has 2 heterocycles. The fourth-order valence-electron chi connectivity index (χ4n) is 3.76. The predicted molar refractivity (Wildman–Crippen MR) is 129 cm³/mol. The molecule has 1 fully saturated rings. The summed E-state index contributed by atoms with van der Waals surface area (Å²) in [5, 5.41) is 8.82. The van der Waals surface area contributed by atoms with E-state index in [1.165, 1.54) is 22.0 Å². The molecule has 1 aliphatic rings. The monoisotopic (exact) mass is 479 g/mol. The van der Waals surface area contributed by atoms with Crippen molar-refractivity contribution >= 4 is 27.5 Å². The second-order valence-corrected chi connectivity index (χ2v) is 12.5. The molecular formula is C22H33N5O3S2. The molecule has 3 rings (SSSR count). The van der Waals surface area contributed by atoms with Gasteiger partial charge in [-0.25, -0.2) is 13.1 Å². The van der Waals surface area contributed by atoms with Gasteiger partial charge in [0.15, 0.2) is 15.7 Å². The Morgan fingerprint density at radius 3 is 2.50 bits per heavy atom. The smallest absolute Gasteiger partial charge is 0.233 e. The Morgan fingerprint density at radius 2 is 1.94 bits per heavy atom. The standard InChI is InChI=1S/C22H33N5O3S2/c1-5-6-12-26(18-11-13-32(29,30)15-18)19(28)14-31-21-25-24-20(27(21)23)16-7-9-17(10-8-16)22(2,3)4/h7-10,18H,5-6,11-15,23H2,1-4H3. The van der Waals surface area contributed by atoms with Crippen molar-refractivity contribution in [1.82, 2.24) is 19.8 Å². The minimum absolute atomic E-state index is 0.0505. The fraction of sp³-hybridized carbons (Fsp3) is 0.591. The molecule has 1 aliphatic heterocycles. The summed E-state index contributed by atoms with van der Waals surface area (Å²) >= 11 is 1.22. The third-order valence-corrected chi connectivity index (χ3v) is 8.40. The Bertz CT molecular complexity index is 1040. The number of carbonyl (C=O) groups is 1. The number of unbranched alkanes of at least 4 members (excludes halogenated alkanes) is 1. The normalized spacial score (nSPS) is 18.1. The van der Waals surface area contributed by atoms with Crippen LogP contribution in [0.1, 0.15) is 52.5 Å². The van der Waals surface area contributed by atoms with Crippen LogP contribution in [0, 0.1) is 0 Å². The lowest BCUT2D eigenvalue weighted by atomic mass is 9.87. The summed E-state index contributed by atoms with van der Waals surface area (Å²) in [6.07, 6.45) is 2.28. The van der Waals surface area contributed by atoms with Crippen molar-refractivity contribution in [2.45, 2.75) is 63.6 Å². The van der Waals surface area contributed by atoms with E-state index in [4.69, 9.17) is 5.84 Å². The van der Waals surface area contributed by atoms with Crippen LogP contribution in [-0.4, -0.2) is 63.9 Å². The molecule has 0 saturated carbocycles. The van der Waals surface area contributed by atoms with E-state index in [0.29, 0.717) is 23.9 Å². The second kappa shape index (κ2) is 9.82. The summed E-state index contributed by atoms with van der Waals surface area (Å²) in [5.74, 6) is 7.00. The van der Waals surface area contributed by atoms with Crippen molar-refractivity contribution in [3.8, 4) is 11.4 Å². The number of nitrogens with zero attached hydrogens (tertiary/aromatic N) is 4. The topological polar surface area (TPSA) is 111 Å².